The van der Waals surface area contributed by atoms with Crippen molar-refractivity contribution in [2.45, 2.75) is 0 Å². The Morgan fingerprint density at radius 2 is 1.76 bits per heavy atom. The first kappa shape index (κ1) is 20.4. The number of hydrogen-bond donors (Lipinski definition) is 2. The van der Waals surface area contributed by atoms with E-state index in [0.717, 1.165) is 0 Å². The first-order chi connectivity index (χ1) is 13.9. The molecule has 0 aliphatic carbocycles. The number of nitrogens with one attached hydrogen (secondary N) is 1. The van der Waals surface area contributed by atoms with Crippen LogP contribution in [0, 0.1) is 0 Å². The van der Waals surface area contributed by atoms with Gasteiger partial charge in [0.05, 0.1) is 16.8 Å². The van der Waals surface area contributed by atoms with E-state index in [0.29, 0.717) is 16.1 Å². The highest BCUT2D eigenvalue weighted by Gasteiger charge is 2.13. The molecule has 29 heavy (non-hydrogen) atoms. The molecule has 0 aromatic heterocycles. The second kappa shape index (κ2) is 9.23. The zero-order valence-electron chi connectivity index (χ0n) is 14.8. The van der Waals surface area contributed by atoms with Gasteiger partial charge in [0, 0.05) is 10.6 Å². The summed E-state index contributed by atoms with van der Waals surface area (Å²) in [4.78, 5) is 24.3. The Kier molecular flexibility index (Phi) is 6.49. The van der Waals surface area contributed by atoms with Gasteiger partial charge in [0.2, 0.25) is 0 Å². The topological polar surface area (TPSA) is 88.0 Å². The van der Waals surface area contributed by atoms with Crippen LogP contribution in [0.25, 0.3) is 0 Å². The van der Waals surface area contributed by atoms with Crippen LogP contribution in [0.1, 0.15) is 26.3 Å². The minimum atomic E-state index is -0.624. The second-order valence-electron chi connectivity index (χ2n) is 5.83. The van der Waals surface area contributed by atoms with Crippen LogP contribution < -0.4 is 10.2 Å². The minimum Gasteiger partial charge on any atom is -0.508 e. The third-order valence-corrected chi connectivity index (χ3v) is 4.28. The predicted octanol–water partition coefficient (Wildman–Crippen LogP) is 4.68. The molecule has 0 bridgehead atoms. The lowest BCUT2D eigenvalue weighted by atomic mass is 10.2. The lowest BCUT2D eigenvalue weighted by Crippen LogP contribution is -2.17. The van der Waals surface area contributed by atoms with Crippen LogP contribution in [0.15, 0.2) is 71.8 Å². The molecule has 0 aliphatic rings. The number of phenolic OH excluding ortho intramolecular Hbond substituents is 1. The predicted molar refractivity (Wildman–Crippen MR) is 111 cm³/mol. The van der Waals surface area contributed by atoms with Crippen molar-refractivity contribution in [1.29, 1.82) is 0 Å². The third-order valence-electron chi connectivity index (χ3n) is 3.73. The number of esters is 1. The zero-order valence-corrected chi connectivity index (χ0v) is 16.3. The van der Waals surface area contributed by atoms with Crippen molar-refractivity contribution in [3.05, 3.63) is 93.5 Å². The van der Waals surface area contributed by atoms with Crippen molar-refractivity contribution < 1.29 is 19.4 Å². The average Bonchev–Trinajstić information content (AvgIpc) is 2.68. The number of benzene rings is 3. The van der Waals surface area contributed by atoms with Gasteiger partial charge in [-0.15, -0.1) is 0 Å². The summed E-state index contributed by atoms with van der Waals surface area (Å²) in [6.45, 7) is 0. The van der Waals surface area contributed by atoms with Crippen LogP contribution in [0.3, 0.4) is 0 Å². The Morgan fingerprint density at radius 1 is 1.00 bits per heavy atom. The molecule has 8 heteroatoms. The van der Waals surface area contributed by atoms with E-state index in [2.05, 4.69) is 10.5 Å². The molecule has 0 saturated carbocycles. The number of halogens is 2. The van der Waals surface area contributed by atoms with Crippen LogP contribution >= 0.6 is 23.2 Å². The quantitative estimate of drug-likeness (QED) is 0.267. The molecule has 3 aromatic rings. The Balaban J connectivity index is 1.64. The fourth-order valence-corrected chi connectivity index (χ4v) is 2.80. The molecule has 0 spiro atoms. The van der Waals surface area contributed by atoms with Crippen molar-refractivity contribution in [2.75, 3.05) is 0 Å². The van der Waals surface area contributed by atoms with Crippen LogP contribution in [-0.4, -0.2) is 23.2 Å². The highest BCUT2D eigenvalue weighted by atomic mass is 35.5. The summed E-state index contributed by atoms with van der Waals surface area (Å²) in [6.07, 6.45) is 1.41. The molecule has 0 unspecified atom stereocenters. The number of carbonyl (C=O) groups excluding carboxylic acids is 2. The number of aromatic hydroxyl groups is 1. The van der Waals surface area contributed by atoms with Crippen molar-refractivity contribution in [3.8, 4) is 11.5 Å². The highest BCUT2D eigenvalue weighted by molar-refractivity contribution is 6.36. The molecule has 3 rings (SSSR count). The fourth-order valence-electron chi connectivity index (χ4n) is 2.32. The molecule has 0 aliphatic heterocycles. The van der Waals surface area contributed by atoms with Gasteiger partial charge in [-0.3, -0.25) is 4.79 Å². The SMILES string of the molecule is O=C(N/N=C\c1cccc(OC(=O)c2ccc(Cl)cc2Cl)c1)c1ccc(O)cc1. The van der Waals surface area contributed by atoms with Gasteiger partial charge in [-0.25, -0.2) is 10.2 Å². The maximum absolute atomic E-state index is 12.3. The Morgan fingerprint density at radius 3 is 2.48 bits per heavy atom. The number of hydrazone groups is 1. The Hall–Kier alpha value is -3.35. The molecule has 0 fully saturated rings. The molecule has 1 amide bonds. The van der Waals surface area contributed by atoms with Crippen LogP contribution in [0.4, 0.5) is 0 Å². The summed E-state index contributed by atoms with van der Waals surface area (Å²) >= 11 is 11.8. The molecule has 2 N–H and O–H groups in total. The lowest BCUT2D eigenvalue weighted by Gasteiger charge is -2.07. The third kappa shape index (κ3) is 5.57. The van der Waals surface area contributed by atoms with Crippen molar-refractivity contribution in [1.82, 2.24) is 5.43 Å². The number of nitrogens with zero attached hydrogens (tertiary/aromatic N) is 1. The highest BCUT2D eigenvalue weighted by Crippen LogP contribution is 2.23. The van der Waals surface area contributed by atoms with E-state index in [4.69, 9.17) is 27.9 Å². The van der Waals surface area contributed by atoms with Gasteiger partial charge in [-0.05, 0) is 60.2 Å². The molecular weight excluding hydrogens is 415 g/mol. The van der Waals surface area contributed by atoms with E-state index < -0.39 is 11.9 Å². The summed E-state index contributed by atoms with van der Waals surface area (Å²) in [5, 5.41) is 13.7. The monoisotopic (exact) mass is 428 g/mol. The van der Waals surface area contributed by atoms with Crippen LogP contribution in [0.2, 0.25) is 10.0 Å². The summed E-state index contributed by atoms with van der Waals surface area (Å²) in [5.41, 5.74) is 3.52. The molecule has 6 nitrogen and oxygen atoms in total. The minimum absolute atomic E-state index is 0.0660. The van der Waals surface area contributed by atoms with Crippen molar-refractivity contribution in [2.24, 2.45) is 5.10 Å². The van der Waals surface area contributed by atoms with Gasteiger partial charge in [-0.1, -0.05) is 35.3 Å². The van der Waals surface area contributed by atoms with Gasteiger partial charge in [0.1, 0.15) is 11.5 Å². The van der Waals surface area contributed by atoms with E-state index in [9.17, 15) is 14.7 Å². The van der Waals surface area contributed by atoms with E-state index in [1.54, 1.807) is 30.3 Å². The van der Waals surface area contributed by atoms with Crippen molar-refractivity contribution >= 4 is 41.3 Å². The van der Waals surface area contributed by atoms with Gasteiger partial charge in [0.25, 0.3) is 5.91 Å². The number of amides is 1. The normalized spacial score (nSPS) is 10.7. The van der Waals surface area contributed by atoms with Crippen LogP contribution in [-0.2, 0) is 0 Å². The molecule has 3 aromatic carbocycles. The van der Waals surface area contributed by atoms with Gasteiger partial charge < -0.3 is 9.84 Å². The standard InChI is InChI=1S/C21H14Cl2N2O4/c22-15-6-9-18(19(23)11-15)21(28)29-17-3-1-2-13(10-17)12-24-25-20(27)14-4-7-16(26)8-5-14/h1-12,26H,(H,25,27)/b24-12-. The molecule has 0 saturated heterocycles. The summed E-state index contributed by atoms with van der Waals surface area (Å²) < 4.78 is 5.33. The lowest BCUT2D eigenvalue weighted by molar-refractivity contribution is 0.0734. The first-order valence-corrected chi connectivity index (χ1v) is 9.08. The van der Waals surface area contributed by atoms with Gasteiger partial charge in [0.15, 0.2) is 0 Å². The molecular formula is C21H14Cl2N2O4. The summed E-state index contributed by atoms with van der Waals surface area (Å²) in [7, 11) is 0. The number of carbonyl (C=O) groups is 2. The fraction of sp³-hybridized carbons (Fsp3) is 0. The number of rotatable bonds is 5. The van der Waals surface area contributed by atoms with E-state index >= 15 is 0 Å². The van der Waals surface area contributed by atoms with Crippen LogP contribution in [0.5, 0.6) is 11.5 Å². The molecule has 0 heterocycles. The summed E-state index contributed by atoms with van der Waals surface area (Å²) in [5.74, 6) is -0.700. The van der Waals surface area contributed by atoms with Gasteiger partial charge in [-0.2, -0.15) is 5.10 Å². The maximum atomic E-state index is 12.3. The van der Waals surface area contributed by atoms with E-state index in [1.165, 1.54) is 42.6 Å². The van der Waals surface area contributed by atoms with Crippen molar-refractivity contribution in [3.63, 3.8) is 0 Å². The molecule has 0 radical (unpaired) electrons. The largest absolute Gasteiger partial charge is 0.508 e. The maximum Gasteiger partial charge on any atom is 0.345 e. The molecule has 0 atom stereocenters. The second-order valence-corrected chi connectivity index (χ2v) is 6.68. The summed E-state index contributed by atoms with van der Waals surface area (Å²) in [6, 6.07) is 16.8. The zero-order chi connectivity index (χ0) is 20.8. The Bertz CT molecular complexity index is 1080. The Labute approximate surface area is 176 Å². The molecule has 146 valence electrons. The van der Waals surface area contributed by atoms with Gasteiger partial charge >= 0.3 is 5.97 Å². The number of ether oxygens (including phenoxy) is 1. The first-order valence-electron chi connectivity index (χ1n) is 8.32. The number of phenols is 1. The number of hydrogen-bond acceptors (Lipinski definition) is 5. The smallest absolute Gasteiger partial charge is 0.345 e. The van der Waals surface area contributed by atoms with E-state index in [1.807, 2.05) is 0 Å². The van der Waals surface area contributed by atoms with E-state index in [-0.39, 0.29) is 22.1 Å². The average molecular weight is 429 g/mol.